The Morgan fingerprint density at radius 1 is 1.02 bits per heavy atom. The molecule has 0 saturated carbocycles. The summed E-state index contributed by atoms with van der Waals surface area (Å²) in [5.41, 5.74) is 4.03. The number of nitrogens with zero attached hydrogens (tertiary/aromatic N) is 6. The molecular formula is C32H36FN7O. The fourth-order valence-electron chi connectivity index (χ4n) is 7.27. The smallest absolute Gasteiger partial charge is 0.250 e. The van der Waals surface area contributed by atoms with Crippen LogP contribution < -0.4 is 10.2 Å². The van der Waals surface area contributed by atoms with Crippen molar-refractivity contribution >= 4 is 22.4 Å². The lowest BCUT2D eigenvalue weighted by atomic mass is 9.84. The minimum Gasteiger partial charge on any atom is -0.339 e. The van der Waals surface area contributed by atoms with E-state index in [9.17, 15) is 9.18 Å². The van der Waals surface area contributed by atoms with E-state index < -0.39 is 5.54 Å². The van der Waals surface area contributed by atoms with E-state index in [4.69, 9.17) is 0 Å². The maximum Gasteiger partial charge on any atom is 0.250 e. The van der Waals surface area contributed by atoms with Gasteiger partial charge in [-0.2, -0.15) is 0 Å². The number of piperidine rings is 1. The summed E-state index contributed by atoms with van der Waals surface area (Å²) < 4.78 is 15.7. The van der Waals surface area contributed by atoms with Crippen LogP contribution in [0.4, 0.5) is 10.1 Å². The van der Waals surface area contributed by atoms with Crippen molar-refractivity contribution in [1.29, 1.82) is 0 Å². The molecule has 1 N–H and O–H groups in total. The maximum absolute atomic E-state index is 14.2. The number of benzene rings is 3. The number of hydrogen-bond donors (Lipinski definition) is 1. The summed E-state index contributed by atoms with van der Waals surface area (Å²) in [6.07, 6.45) is 5.26. The molecule has 3 aliphatic rings. The molecule has 8 nitrogen and oxygen atoms in total. The average Bonchev–Trinajstić information content (AvgIpc) is 3.67. The second-order valence-electron chi connectivity index (χ2n) is 11.6. The van der Waals surface area contributed by atoms with Gasteiger partial charge in [-0.25, -0.2) is 4.39 Å². The third-order valence-corrected chi connectivity index (χ3v) is 9.27. The van der Waals surface area contributed by atoms with Crippen LogP contribution in [-0.2, 0) is 24.3 Å². The number of carbonyl (C=O) groups is 1. The quantitative estimate of drug-likeness (QED) is 0.354. The summed E-state index contributed by atoms with van der Waals surface area (Å²) in [5, 5.41) is 14.2. The number of hydrogen-bond acceptors (Lipinski definition) is 6. The molecule has 2 aliphatic heterocycles. The molecule has 1 atom stereocenters. The van der Waals surface area contributed by atoms with Crippen LogP contribution in [0.25, 0.3) is 10.8 Å². The van der Waals surface area contributed by atoms with Crippen molar-refractivity contribution in [2.24, 2.45) is 0 Å². The lowest BCUT2D eigenvalue weighted by Crippen LogP contribution is -2.57. The molecule has 0 bridgehead atoms. The molecule has 9 heteroatoms. The van der Waals surface area contributed by atoms with Gasteiger partial charge in [0.05, 0.1) is 12.4 Å². The number of nitrogens with one attached hydrogen (secondary N) is 1. The monoisotopic (exact) mass is 553 g/mol. The highest BCUT2D eigenvalue weighted by atomic mass is 19.1. The molecule has 3 aromatic carbocycles. The zero-order valence-corrected chi connectivity index (χ0v) is 23.5. The van der Waals surface area contributed by atoms with E-state index in [0.29, 0.717) is 32.3 Å². The number of halogens is 1. The number of carbonyl (C=O) groups excluding carboxylic acids is 1. The van der Waals surface area contributed by atoms with Gasteiger partial charge in [0.2, 0.25) is 5.91 Å². The van der Waals surface area contributed by atoms with Gasteiger partial charge in [-0.15, -0.1) is 5.10 Å². The predicted molar refractivity (Wildman–Crippen MR) is 157 cm³/mol. The first-order valence-corrected chi connectivity index (χ1v) is 14.7. The molecule has 41 heavy (non-hydrogen) atoms. The topological polar surface area (TPSA) is 69.5 Å². The van der Waals surface area contributed by atoms with E-state index in [1.54, 1.807) is 0 Å². The number of aromatic nitrogens is 3. The Labute approximate surface area is 239 Å². The molecule has 0 radical (unpaired) electrons. The minimum absolute atomic E-state index is 0.188. The summed E-state index contributed by atoms with van der Waals surface area (Å²) in [4.78, 5) is 21.0. The van der Waals surface area contributed by atoms with E-state index in [-0.39, 0.29) is 11.7 Å². The highest BCUT2D eigenvalue weighted by Gasteiger charge is 2.54. The standard InChI is InChI=1S/C32H36FN7O/c1-34-20-26-21-39(36-35-26)16-4-15-38-22-40(27-11-9-25(33)10-12-27)32(31(38)41)13-17-37(18-14-32)29-19-24-7-2-5-23-6-3-8-28(29)30(23)24/h2-3,5-12,21,29,34H,4,13-20,22H2,1H3/t29-/m0/s1. The van der Waals surface area contributed by atoms with Crippen LogP contribution in [0.1, 0.15) is 42.1 Å². The van der Waals surface area contributed by atoms with E-state index in [0.717, 1.165) is 50.2 Å². The first-order valence-electron chi connectivity index (χ1n) is 14.7. The lowest BCUT2D eigenvalue weighted by molar-refractivity contribution is -0.133. The van der Waals surface area contributed by atoms with Crippen LogP contribution in [0.15, 0.2) is 66.9 Å². The van der Waals surface area contributed by atoms with Gasteiger partial charge < -0.3 is 15.1 Å². The van der Waals surface area contributed by atoms with Gasteiger partial charge in [0, 0.05) is 50.6 Å². The van der Waals surface area contributed by atoms with Gasteiger partial charge in [-0.05, 0) is 78.9 Å². The Hall–Kier alpha value is -3.82. The molecule has 1 aromatic heterocycles. The Kier molecular flexibility index (Phi) is 6.71. The Morgan fingerprint density at radius 3 is 2.59 bits per heavy atom. The fraction of sp³-hybridized carbons (Fsp3) is 0.406. The largest absolute Gasteiger partial charge is 0.339 e. The van der Waals surface area contributed by atoms with E-state index in [2.05, 4.69) is 61.8 Å². The van der Waals surface area contributed by atoms with Crippen molar-refractivity contribution in [2.45, 2.75) is 50.4 Å². The van der Waals surface area contributed by atoms with Gasteiger partial charge >= 0.3 is 0 Å². The summed E-state index contributed by atoms with van der Waals surface area (Å²) in [6, 6.07) is 20.2. The number of rotatable bonds is 8. The number of likely N-dealkylation sites (tertiary alicyclic amines) is 1. The highest BCUT2D eigenvalue weighted by molar-refractivity contribution is 5.94. The SMILES string of the molecule is CNCc1cn(CCCN2CN(c3ccc(F)cc3)C3(CCN([C@H]4Cc5cccc6cccc4c56)CC3)C2=O)nn1. The van der Waals surface area contributed by atoms with E-state index in [1.165, 1.54) is 34.0 Å². The highest BCUT2D eigenvalue weighted by Crippen LogP contribution is 2.45. The number of amides is 1. The number of anilines is 1. The first-order chi connectivity index (χ1) is 20.1. The van der Waals surface area contributed by atoms with Crippen LogP contribution in [-0.4, -0.2) is 69.6 Å². The third kappa shape index (κ3) is 4.57. The molecule has 212 valence electrons. The maximum atomic E-state index is 14.2. The third-order valence-electron chi connectivity index (χ3n) is 9.27. The fourth-order valence-corrected chi connectivity index (χ4v) is 7.27. The van der Waals surface area contributed by atoms with Gasteiger partial charge in [0.1, 0.15) is 11.4 Å². The van der Waals surface area contributed by atoms with Gasteiger partial charge in [0.25, 0.3) is 0 Å². The van der Waals surface area contributed by atoms with Gasteiger partial charge in [-0.3, -0.25) is 14.4 Å². The zero-order chi connectivity index (χ0) is 28.0. The van der Waals surface area contributed by atoms with Crippen molar-refractivity contribution in [1.82, 2.24) is 30.1 Å². The molecule has 1 aliphatic carbocycles. The number of aryl methyl sites for hydroxylation is 1. The summed E-state index contributed by atoms with van der Waals surface area (Å²) in [7, 11) is 1.89. The predicted octanol–water partition coefficient (Wildman–Crippen LogP) is 4.12. The molecular weight excluding hydrogens is 517 g/mol. The molecule has 1 spiro atoms. The summed E-state index contributed by atoms with van der Waals surface area (Å²) in [6.45, 7) is 4.23. The van der Waals surface area contributed by atoms with Crippen LogP contribution in [0.2, 0.25) is 0 Å². The second kappa shape index (κ2) is 10.5. The van der Waals surface area contributed by atoms with Crippen molar-refractivity contribution < 1.29 is 9.18 Å². The van der Waals surface area contributed by atoms with E-state index >= 15 is 0 Å². The first kappa shape index (κ1) is 26.1. The van der Waals surface area contributed by atoms with Crippen molar-refractivity contribution in [3.8, 4) is 0 Å². The van der Waals surface area contributed by atoms with E-state index in [1.807, 2.05) is 35.0 Å². The summed E-state index contributed by atoms with van der Waals surface area (Å²) in [5.74, 6) is -0.0757. The van der Waals surface area contributed by atoms with Gasteiger partial charge in [0.15, 0.2) is 0 Å². The molecule has 4 aromatic rings. The van der Waals surface area contributed by atoms with Crippen LogP contribution >= 0.6 is 0 Å². The minimum atomic E-state index is -0.612. The van der Waals surface area contributed by atoms with Gasteiger partial charge in [-0.1, -0.05) is 41.6 Å². The average molecular weight is 554 g/mol. The Bertz CT molecular complexity index is 1550. The van der Waals surface area contributed by atoms with Crippen LogP contribution in [0, 0.1) is 5.82 Å². The van der Waals surface area contributed by atoms with Crippen molar-refractivity contribution in [2.75, 3.05) is 38.3 Å². The zero-order valence-electron chi connectivity index (χ0n) is 23.5. The van der Waals surface area contributed by atoms with Crippen molar-refractivity contribution in [3.63, 3.8) is 0 Å². The van der Waals surface area contributed by atoms with Crippen LogP contribution in [0.5, 0.6) is 0 Å². The Balaban J connectivity index is 1.09. The summed E-state index contributed by atoms with van der Waals surface area (Å²) >= 11 is 0. The Morgan fingerprint density at radius 2 is 1.80 bits per heavy atom. The lowest BCUT2D eigenvalue weighted by Gasteiger charge is -2.45. The van der Waals surface area contributed by atoms with Crippen LogP contribution in [0.3, 0.4) is 0 Å². The normalized spacial score (nSPS) is 20.1. The molecule has 0 unspecified atom stereocenters. The van der Waals surface area contributed by atoms with Crippen molar-refractivity contribution in [3.05, 3.63) is 89.5 Å². The molecule has 2 fully saturated rings. The molecule has 1 amide bonds. The molecule has 3 heterocycles. The molecule has 7 rings (SSSR count). The molecule has 2 saturated heterocycles. The second-order valence-corrected chi connectivity index (χ2v) is 11.6.